The van der Waals surface area contributed by atoms with Gasteiger partial charge in [0.05, 0.1) is 24.7 Å². The molecule has 0 aliphatic heterocycles. The Bertz CT molecular complexity index is 401. The highest BCUT2D eigenvalue weighted by Crippen LogP contribution is 2.17. The predicted octanol–water partition coefficient (Wildman–Crippen LogP) is 0.832. The first-order valence-corrected chi connectivity index (χ1v) is 5.47. The number of nitro groups is 1. The number of nitrogens with zero attached hydrogens (tertiary/aromatic N) is 1. The second kappa shape index (κ2) is 7.70. The number of hydrogen-bond donors (Lipinski definition) is 2. The minimum atomic E-state index is -0.837. The fourth-order valence-corrected chi connectivity index (χ4v) is 1.35. The second-order valence-electron chi connectivity index (χ2n) is 3.56. The molecule has 0 unspecified atom stereocenters. The average Bonchev–Trinajstić information content (AvgIpc) is 2.33. The molecule has 0 aliphatic carbocycles. The predicted molar refractivity (Wildman–Crippen MR) is 62.7 cm³/mol. The first kappa shape index (κ1) is 14.5. The molecule has 7 heteroatoms. The number of nitro benzene ring substituents is 1. The third-order valence-corrected chi connectivity index (χ3v) is 2.20. The molecule has 0 spiro atoms. The van der Waals surface area contributed by atoms with Crippen LogP contribution in [0.15, 0.2) is 18.2 Å². The first-order chi connectivity index (χ1) is 8.65. The fraction of sp³-hybridized carbons (Fsp3) is 0.455. The van der Waals surface area contributed by atoms with Crippen molar-refractivity contribution >= 4 is 5.69 Å². The summed E-state index contributed by atoms with van der Waals surface area (Å²) < 4.78 is 18.3. The summed E-state index contributed by atoms with van der Waals surface area (Å²) in [5.41, 5.74) is 0.102. The van der Waals surface area contributed by atoms with E-state index >= 15 is 0 Å². The van der Waals surface area contributed by atoms with Crippen LogP contribution in [0.4, 0.5) is 10.1 Å². The number of hydrogen-bond acceptors (Lipinski definition) is 5. The highest BCUT2D eigenvalue weighted by molar-refractivity contribution is 5.34. The van der Waals surface area contributed by atoms with E-state index in [1.54, 1.807) is 0 Å². The van der Waals surface area contributed by atoms with E-state index in [9.17, 15) is 14.5 Å². The van der Waals surface area contributed by atoms with Crippen molar-refractivity contribution in [2.75, 3.05) is 26.4 Å². The molecule has 0 aliphatic rings. The molecule has 0 amide bonds. The van der Waals surface area contributed by atoms with E-state index in [-0.39, 0.29) is 13.2 Å². The lowest BCUT2D eigenvalue weighted by Gasteiger charge is -2.05. The Balaban J connectivity index is 2.35. The average molecular weight is 258 g/mol. The summed E-state index contributed by atoms with van der Waals surface area (Å²) in [4.78, 5) is 9.65. The maximum Gasteiger partial charge on any atom is 0.304 e. The molecule has 0 fully saturated rings. The van der Waals surface area contributed by atoms with Gasteiger partial charge in [-0.25, -0.2) is 0 Å². The van der Waals surface area contributed by atoms with Crippen molar-refractivity contribution in [2.45, 2.75) is 6.54 Å². The van der Waals surface area contributed by atoms with Gasteiger partial charge < -0.3 is 15.2 Å². The van der Waals surface area contributed by atoms with E-state index in [0.29, 0.717) is 25.3 Å². The lowest BCUT2D eigenvalue weighted by Crippen LogP contribution is -2.20. The van der Waals surface area contributed by atoms with Crippen LogP contribution in [-0.4, -0.2) is 36.4 Å². The summed E-state index contributed by atoms with van der Waals surface area (Å²) in [6, 6.07) is 3.79. The van der Waals surface area contributed by atoms with Gasteiger partial charge in [-0.1, -0.05) is 6.07 Å². The van der Waals surface area contributed by atoms with Crippen molar-refractivity contribution in [3.63, 3.8) is 0 Å². The van der Waals surface area contributed by atoms with Gasteiger partial charge in [0.25, 0.3) is 0 Å². The number of aliphatic hydroxyl groups excluding tert-OH is 1. The standard InChI is InChI=1S/C11H15FN2O4/c12-10-7-9(1-2-11(10)14(16)17)8-13-3-5-18-6-4-15/h1-2,7,13,15H,3-6,8H2. The number of ether oxygens (including phenoxy) is 1. The lowest BCUT2D eigenvalue weighted by molar-refractivity contribution is -0.387. The van der Waals surface area contributed by atoms with Gasteiger partial charge in [0, 0.05) is 19.2 Å². The number of aliphatic hydroxyl groups is 1. The Hall–Kier alpha value is -1.57. The SMILES string of the molecule is O=[N+]([O-])c1ccc(CNCCOCCO)cc1F. The van der Waals surface area contributed by atoms with E-state index in [4.69, 9.17) is 9.84 Å². The molecular weight excluding hydrogens is 243 g/mol. The Morgan fingerprint density at radius 2 is 2.22 bits per heavy atom. The molecule has 1 rings (SSSR count). The smallest absolute Gasteiger partial charge is 0.304 e. The molecule has 1 aromatic rings. The fourth-order valence-electron chi connectivity index (χ4n) is 1.35. The van der Waals surface area contributed by atoms with Gasteiger partial charge in [-0.3, -0.25) is 10.1 Å². The van der Waals surface area contributed by atoms with Crippen LogP contribution >= 0.6 is 0 Å². The summed E-state index contributed by atoms with van der Waals surface area (Å²) in [6.07, 6.45) is 0. The van der Waals surface area contributed by atoms with Crippen molar-refractivity contribution in [3.05, 3.63) is 39.7 Å². The summed E-state index contributed by atoms with van der Waals surface area (Å²) in [7, 11) is 0. The van der Waals surface area contributed by atoms with Crippen LogP contribution < -0.4 is 5.32 Å². The number of halogens is 1. The van der Waals surface area contributed by atoms with E-state index in [1.165, 1.54) is 6.07 Å². The van der Waals surface area contributed by atoms with Crippen molar-refractivity contribution in [1.82, 2.24) is 5.32 Å². The molecule has 0 heterocycles. The molecule has 6 nitrogen and oxygen atoms in total. The first-order valence-electron chi connectivity index (χ1n) is 5.47. The van der Waals surface area contributed by atoms with Crippen molar-refractivity contribution in [2.24, 2.45) is 0 Å². The zero-order valence-electron chi connectivity index (χ0n) is 9.76. The van der Waals surface area contributed by atoms with Gasteiger partial charge >= 0.3 is 5.69 Å². The molecule has 0 saturated heterocycles. The van der Waals surface area contributed by atoms with Crippen LogP contribution in [0.1, 0.15) is 5.56 Å². The summed E-state index contributed by atoms with van der Waals surface area (Å²) in [5.74, 6) is -0.837. The largest absolute Gasteiger partial charge is 0.394 e. The van der Waals surface area contributed by atoms with E-state index in [1.807, 2.05) is 0 Å². The van der Waals surface area contributed by atoms with Crippen molar-refractivity contribution in [1.29, 1.82) is 0 Å². The van der Waals surface area contributed by atoms with Gasteiger partial charge in [0.15, 0.2) is 0 Å². The Morgan fingerprint density at radius 3 is 2.83 bits per heavy atom. The monoisotopic (exact) mass is 258 g/mol. The molecule has 0 saturated carbocycles. The molecule has 18 heavy (non-hydrogen) atoms. The zero-order chi connectivity index (χ0) is 13.4. The van der Waals surface area contributed by atoms with Crippen LogP contribution in [-0.2, 0) is 11.3 Å². The maximum absolute atomic E-state index is 13.3. The molecule has 0 bridgehead atoms. The molecule has 100 valence electrons. The van der Waals surface area contributed by atoms with Gasteiger partial charge in [-0.15, -0.1) is 0 Å². The second-order valence-corrected chi connectivity index (χ2v) is 3.56. The molecule has 0 aromatic heterocycles. The van der Waals surface area contributed by atoms with Gasteiger partial charge in [-0.2, -0.15) is 4.39 Å². The van der Waals surface area contributed by atoms with Gasteiger partial charge in [0.2, 0.25) is 5.82 Å². The van der Waals surface area contributed by atoms with Crippen LogP contribution in [0.2, 0.25) is 0 Å². The summed E-state index contributed by atoms with van der Waals surface area (Å²) >= 11 is 0. The molecule has 2 N–H and O–H groups in total. The normalized spacial score (nSPS) is 10.6. The quantitative estimate of drug-likeness (QED) is 0.410. The maximum atomic E-state index is 13.3. The van der Waals surface area contributed by atoms with E-state index < -0.39 is 16.4 Å². The molecule has 0 atom stereocenters. The van der Waals surface area contributed by atoms with Gasteiger partial charge in [-0.05, 0) is 11.6 Å². The number of benzene rings is 1. The van der Waals surface area contributed by atoms with Crippen LogP contribution in [0.3, 0.4) is 0 Å². The Labute approximate surface area is 104 Å². The third kappa shape index (κ3) is 4.74. The topological polar surface area (TPSA) is 84.6 Å². The van der Waals surface area contributed by atoms with Gasteiger partial charge in [0.1, 0.15) is 0 Å². The van der Waals surface area contributed by atoms with Crippen molar-refractivity contribution < 1.29 is 19.2 Å². The number of nitrogens with one attached hydrogen (secondary N) is 1. The minimum Gasteiger partial charge on any atom is -0.394 e. The lowest BCUT2D eigenvalue weighted by atomic mass is 10.2. The minimum absolute atomic E-state index is 0.0203. The Morgan fingerprint density at radius 1 is 1.44 bits per heavy atom. The van der Waals surface area contributed by atoms with Crippen LogP contribution in [0.5, 0.6) is 0 Å². The summed E-state index contributed by atoms with van der Waals surface area (Å²) in [5, 5.41) is 21.9. The molecule has 0 radical (unpaired) electrons. The summed E-state index contributed by atoms with van der Waals surface area (Å²) in [6.45, 7) is 1.66. The highest BCUT2D eigenvalue weighted by Gasteiger charge is 2.13. The molecule has 1 aromatic carbocycles. The highest BCUT2D eigenvalue weighted by atomic mass is 19.1. The van der Waals surface area contributed by atoms with Crippen molar-refractivity contribution in [3.8, 4) is 0 Å². The van der Waals surface area contributed by atoms with Crippen LogP contribution in [0.25, 0.3) is 0 Å². The van der Waals surface area contributed by atoms with E-state index in [2.05, 4.69) is 5.32 Å². The number of rotatable bonds is 8. The Kier molecular flexibility index (Phi) is 6.20. The third-order valence-electron chi connectivity index (χ3n) is 2.20. The van der Waals surface area contributed by atoms with Crippen LogP contribution in [0, 0.1) is 15.9 Å². The zero-order valence-corrected chi connectivity index (χ0v) is 9.76. The molecular formula is C11H15FN2O4. The van der Waals surface area contributed by atoms with E-state index in [0.717, 1.165) is 12.1 Å².